The minimum absolute atomic E-state index is 0.529. The van der Waals surface area contributed by atoms with E-state index in [0.717, 1.165) is 12.8 Å². The van der Waals surface area contributed by atoms with Crippen molar-refractivity contribution < 1.29 is 9.90 Å². The molecule has 0 unspecified atom stereocenters. The second-order valence-corrected chi connectivity index (χ2v) is 2.18. The van der Waals surface area contributed by atoms with Crippen LogP contribution in [0.4, 0.5) is 0 Å². The van der Waals surface area contributed by atoms with Crippen molar-refractivity contribution in [2.75, 3.05) is 0 Å². The van der Waals surface area contributed by atoms with Crippen LogP contribution in [0.25, 0.3) is 0 Å². The molecule has 0 aromatic carbocycles. The second kappa shape index (κ2) is 5.03. The summed E-state index contributed by atoms with van der Waals surface area (Å²) < 4.78 is 0. The Morgan fingerprint density at radius 3 is 2.40 bits per heavy atom. The molecule has 2 nitrogen and oxygen atoms in total. The molecule has 0 radical (unpaired) electrons. The van der Waals surface area contributed by atoms with E-state index >= 15 is 0 Å². The summed E-state index contributed by atoms with van der Waals surface area (Å²) >= 11 is 0. The summed E-state index contributed by atoms with van der Waals surface area (Å²) in [7, 11) is 0. The van der Waals surface area contributed by atoms with Gasteiger partial charge in [0.2, 0.25) is 0 Å². The van der Waals surface area contributed by atoms with Crippen LogP contribution in [0.1, 0.15) is 33.1 Å². The third-order valence-corrected chi connectivity index (χ3v) is 1.34. The van der Waals surface area contributed by atoms with E-state index in [0.29, 0.717) is 12.0 Å². The van der Waals surface area contributed by atoms with Gasteiger partial charge in [-0.2, -0.15) is 0 Å². The van der Waals surface area contributed by atoms with Crippen molar-refractivity contribution in [3.05, 3.63) is 11.6 Å². The fourth-order valence-electron chi connectivity index (χ4n) is 0.701. The Kier molecular flexibility index (Phi) is 4.63. The maximum Gasteiger partial charge on any atom is 0.331 e. The van der Waals surface area contributed by atoms with Crippen molar-refractivity contribution in [3.8, 4) is 0 Å². The van der Waals surface area contributed by atoms with Crippen LogP contribution in [0.2, 0.25) is 0 Å². The fraction of sp³-hybridized carbons (Fsp3) is 0.625. The van der Waals surface area contributed by atoms with Gasteiger partial charge in [0.1, 0.15) is 0 Å². The monoisotopic (exact) mass is 142 g/mol. The first-order valence-electron chi connectivity index (χ1n) is 3.64. The van der Waals surface area contributed by atoms with E-state index in [1.54, 1.807) is 6.08 Å². The lowest BCUT2D eigenvalue weighted by Gasteiger charge is -1.94. The number of unbranched alkanes of at least 4 members (excludes halogenated alkanes) is 1. The molecule has 0 atom stereocenters. The predicted molar refractivity (Wildman–Crippen MR) is 40.9 cm³/mol. The van der Waals surface area contributed by atoms with Crippen LogP contribution in [0.3, 0.4) is 0 Å². The fourth-order valence-corrected chi connectivity index (χ4v) is 0.701. The highest BCUT2D eigenvalue weighted by molar-refractivity contribution is 5.86. The molecule has 0 saturated heterocycles. The topological polar surface area (TPSA) is 37.3 Å². The summed E-state index contributed by atoms with van der Waals surface area (Å²) in [5, 5.41) is 8.53. The Hall–Kier alpha value is -0.790. The Bertz CT molecular complexity index is 136. The molecule has 0 rings (SSSR count). The van der Waals surface area contributed by atoms with Crippen LogP contribution in [0, 0.1) is 0 Å². The van der Waals surface area contributed by atoms with Gasteiger partial charge in [0.05, 0.1) is 0 Å². The zero-order valence-electron chi connectivity index (χ0n) is 6.55. The first-order chi connectivity index (χ1) is 4.72. The van der Waals surface area contributed by atoms with Crippen molar-refractivity contribution >= 4 is 5.97 Å². The number of aliphatic carboxylic acids is 1. The number of hydrogen-bond donors (Lipinski definition) is 1. The van der Waals surface area contributed by atoms with Crippen LogP contribution in [-0.4, -0.2) is 11.1 Å². The van der Waals surface area contributed by atoms with Crippen LogP contribution in [-0.2, 0) is 4.79 Å². The number of carboxylic acid groups (broad SMARTS) is 1. The Morgan fingerprint density at radius 1 is 1.50 bits per heavy atom. The third-order valence-electron chi connectivity index (χ3n) is 1.34. The SMILES string of the molecule is CCCC=C(CC)C(=O)O. The van der Waals surface area contributed by atoms with Gasteiger partial charge >= 0.3 is 5.97 Å². The van der Waals surface area contributed by atoms with Gasteiger partial charge in [-0.1, -0.05) is 26.3 Å². The lowest BCUT2D eigenvalue weighted by Crippen LogP contribution is -1.98. The molecule has 0 aliphatic rings. The molecule has 0 aromatic heterocycles. The van der Waals surface area contributed by atoms with E-state index in [2.05, 4.69) is 0 Å². The standard InChI is InChI=1S/C8H14O2/c1-3-5-6-7(4-2)8(9)10/h6H,3-5H2,1-2H3,(H,9,10). The lowest BCUT2D eigenvalue weighted by atomic mass is 10.1. The highest BCUT2D eigenvalue weighted by Crippen LogP contribution is 2.03. The molecule has 0 saturated carbocycles. The van der Waals surface area contributed by atoms with Crippen molar-refractivity contribution in [1.29, 1.82) is 0 Å². The zero-order chi connectivity index (χ0) is 7.98. The Labute approximate surface area is 61.6 Å². The molecule has 10 heavy (non-hydrogen) atoms. The van der Waals surface area contributed by atoms with Gasteiger partial charge in [0, 0.05) is 5.57 Å². The molecule has 0 heterocycles. The predicted octanol–water partition coefficient (Wildman–Crippen LogP) is 2.21. The molecule has 0 aliphatic heterocycles. The number of allylic oxidation sites excluding steroid dienone is 1. The van der Waals surface area contributed by atoms with Crippen LogP contribution in [0.15, 0.2) is 11.6 Å². The van der Waals surface area contributed by atoms with Gasteiger partial charge in [0.15, 0.2) is 0 Å². The summed E-state index contributed by atoms with van der Waals surface area (Å²) in [5.41, 5.74) is 0.529. The Balaban J connectivity index is 3.91. The van der Waals surface area contributed by atoms with Crippen LogP contribution < -0.4 is 0 Å². The molecule has 0 aromatic rings. The first kappa shape index (κ1) is 9.21. The van der Waals surface area contributed by atoms with Crippen molar-refractivity contribution in [1.82, 2.24) is 0 Å². The molecule has 0 amide bonds. The summed E-state index contributed by atoms with van der Waals surface area (Å²) in [4.78, 5) is 10.4. The summed E-state index contributed by atoms with van der Waals surface area (Å²) in [6.45, 7) is 3.89. The minimum Gasteiger partial charge on any atom is -0.478 e. The highest BCUT2D eigenvalue weighted by Gasteiger charge is 2.01. The normalized spacial score (nSPS) is 11.6. The number of carbonyl (C=O) groups is 1. The average Bonchev–Trinajstić information content (AvgIpc) is 1.89. The van der Waals surface area contributed by atoms with Crippen molar-refractivity contribution in [2.24, 2.45) is 0 Å². The second-order valence-electron chi connectivity index (χ2n) is 2.18. The highest BCUT2D eigenvalue weighted by atomic mass is 16.4. The maximum absolute atomic E-state index is 10.4. The molecule has 0 bridgehead atoms. The number of hydrogen-bond acceptors (Lipinski definition) is 1. The van der Waals surface area contributed by atoms with Crippen molar-refractivity contribution in [2.45, 2.75) is 33.1 Å². The first-order valence-corrected chi connectivity index (χ1v) is 3.64. The molecule has 1 N–H and O–H groups in total. The smallest absolute Gasteiger partial charge is 0.331 e. The minimum atomic E-state index is -0.782. The van der Waals surface area contributed by atoms with Gasteiger partial charge in [-0.05, 0) is 12.8 Å². The molecule has 0 fully saturated rings. The van der Waals surface area contributed by atoms with Gasteiger partial charge < -0.3 is 5.11 Å². The van der Waals surface area contributed by atoms with Gasteiger partial charge in [-0.3, -0.25) is 0 Å². The average molecular weight is 142 g/mol. The number of carboxylic acids is 1. The van der Waals surface area contributed by atoms with Crippen LogP contribution >= 0.6 is 0 Å². The summed E-state index contributed by atoms with van der Waals surface area (Å²) in [6, 6.07) is 0. The third kappa shape index (κ3) is 3.28. The molecule has 0 aliphatic carbocycles. The van der Waals surface area contributed by atoms with E-state index in [-0.39, 0.29) is 0 Å². The van der Waals surface area contributed by atoms with Gasteiger partial charge in [-0.15, -0.1) is 0 Å². The molecular formula is C8H14O2. The Morgan fingerprint density at radius 2 is 2.10 bits per heavy atom. The summed E-state index contributed by atoms with van der Waals surface area (Å²) in [5.74, 6) is -0.782. The maximum atomic E-state index is 10.4. The molecule has 0 spiro atoms. The van der Waals surface area contributed by atoms with Gasteiger partial charge in [0.25, 0.3) is 0 Å². The van der Waals surface area contributed by atoms with E-state index < -0.39 is 5.97 Å². The molecule has 58 valence electrons. The summed E-state index contributed by atoms with van der Waals surface area (Å²) in [6.07, 6.45) is 4.30. The zero-order valence-corrected chi connectivity index (χ0v) is 6.55. The van der Waals surface area contributed by atoms with E-state index in [4.69, 9.17) is 5.11 Å². The largest absolute Gasteiger partial charge is 0.478 e. The molecule has 2 heteroatoms. The molecular weight excluding hydrogens is 128 g/mol. The lowest BCUT2D eigenvalue weighted by molar-refractivity contribution is -0.132. The van der Waals surface area contributed by atoms with E-state index in [1.807, 2.05) is 13.8 Å². The number of rotatable bonds is 4. The van der Waals surface area contributed by atoms with Crippen molar-refractivity contribution in [3.63, 3.8) is 0 Å². The van der Waals surface area contributed by atoms with E-state index in [1.165, 1.54) is 0 Å². The quantitative estimate of drug-likeness (QED) is 0.611. The van der Waals surface area contributed by atoms with Gasteiger partial charge in [-0.25, -0.2) is 4.79 Å². The van der Waals surface area contributed by atoms with E-state index in [9.17, 15) is 4.79 Å². The van der Waals surface area contributed by atoms with Crippen LogP contribution in [0.5, 0.6) is 0 Å².